The molecule has 27 heavy (non-hydrogen) atoms. The number of nitrogens with one attached hydrogen (secondary N) is 1. The number of aromatic nitrogens is 5. The van der Waals surface area contributed by atoms with Gasteiger partial charge in [0.2, 0.25) is 17.0 Å². The number of nitrogens with zero attached hydrogens (tertiary/aromatic N) is 6. The minimum absolute atomic E-state index is 0.0522. The summed E-state index contributed by atoms with van der Waals surface area (Å²) in [7, 11) is 3.72. The number of halogens is 1. The van der Waals surface area contributed by atoms with Gasteiger partial charge in [-0.2, -0.15) is 15.0 Å². The fraction of sp³-hybridized carbons (Fsp3) is 0.312. The number of hydrogen-bond acceptors (Lipinski definition) is 10. The summed E-state index contributed by atoms with van der Waals surface area (Å²) in [6.07, 6.45) is 0. The molecular weight excluding hydrogens is 404 g/mol. The smallest absolute Gasteiger partial charge is 0.229 e. The van der Waals surface area contributed by atoms with Crippen molar-refractivity contribution in [2.75, 3.05) is 30.0 Å². The van der Waals surface area contributed by atoms with Gasteiger partial charge >= 0.3 is 0 Å². The van der Waals surface area contributed by atoms with Crippen molar-refractivity contribution in [3.05, 3.63) is 34.6 Å². The van der Waals surface area contributed by atoms with Crippen LogP contribution in [0, 0.1) is 6.92 Å². The van der Waals surface area contributed by atoms with Crippen LogP contribution >= 0.6 is 34.7 Å². The van der Waals surface area contributed by atoms with Gasteiger partial charge in [0, 0.05) is 24.8 Å². The molecule has 3 rings (SSSR count). The Labute approximate surface area is 170 Å². The molecule has 0 spiro atoms. The summed E-state index contributed by atoms with van der Waals surface area (Å²) in [5.41, 5.74) is 7.69. The van der Waals surface area contributed by atoms with E-state index in [-0.39, 0.29) is 11.2 Å². The number of hydrogen-bond donors (Lipinski definition) is 2. The second-order valence-electron chi connectivity index (χ2n) is 5.97. The average Bonchev–Trinajstić information content (AvgIpc) is 3.04. The van der Waals surface area contributed by atoms with Crippen LogP contribution in [-0.2, 0) is 0 Å². The molecule has 2 aromatic heterocycles. The molecule has 0 saturated carbocycles. The van der Waals surface area contributed by atoms with Crippen LogP contribution in [0.2, 0.25) is 5.02 Å². The van der Waals surface area contributed by atoms with E-state index in [9.17, 15) is 0 Å². The molecule has 0 unspecified atom stereocenters. The fourth-order valence-electron chi connectivity index (χ4n) is 2.09. The Balaban J connectivity index is 1.71. The van der Waals surface area contributed by atoms with E-state index in [0.717, 1.165) is 15.6 Å². The average molecular weight is 423 g/mol. The Bertz CT molecular complexity index is 946. The van der Waals surface area contributed by atoms with Crippen molar-refractivity contribution in [2.45, 2.75) is 23.4 Å². The molecule has 0 radical (unpaired) electrons. The van der Waals surface area contributed by atoms with Crippen molar-refractivity contribution in [1.29, 1.82) is 0 Å². The van der Waals surface area contributed by atoms with Gasteiger partial charge in [0.05, 0.1) is 5.25 Å². The first kappa shape index (κ1) is 19.6. The van der Waals surface area contributed by atoms with Gasteiger partial charge in [-0.25, -0.2) is 0 Å². The van der Waals surface area contributed by atoms with Crippen molar-refractivity contribution in [3.63, 3.8) is 0 Å². The number of thioether (sulfide) groups is 1. The van der Waals surface area contributed by atoms with E-state index < -0.39 is 0 Å². The van der Waals surface area contributed by atoms with Crippen LogP contribution in [0.5, 0.6) is 0 Å². The zero-order valence-electron chi connectivity index (χ0n) is 15.3. The standard InChI is InChI=1S/C16H19ClN8S2/c1-8-5-6-10(7-11(8)17)19-15-23-24-16(27-15)26-9(2)12-20-13(18)22-14(21-12)25(3)4/h5-7,9H,1-4H3,(H,19,23)(H2,18,20,21,22)/t9-/m0/s1. The summed E-state index contributed by atoms with van der Waals surface area (Å²) >= 11 is 9.12. The third kappa shape index (κ3) is 4.96. The van der Waals surface area contributed by atoms with E-state index >= 15 is 0 Å². The van der Waals surface area contributed by atoms with Crippen LogP contribution in [0.3, 0.4) is 0 Å². The van der Waals surface area contributed by atoms with Crippen LogP contribution in [0.25, 0.3) is 0 Å². The van der Waals surface area contributed by atoms with Crippen molar-refractivity contribution in [3.8, 4) is 0 Å². The predicted molar refractivity (Wildman–Crippen MR) is 112 cm³/mol. The molecule has 142 valence electrons. The van der Waals surface area contributed by atoms with Gasteiger partial charge in [0.15, 0.2) is 4.34 Å². The van der Waals surface area contributed by atoms with Crippen molar-refractivity contribution in [1.82, 2.24) is 25.1 Å². The third-order valence-electron chi connectivity index (χ3n) is 3.53. The number of nitrogens with two attached hydrogens (primary N) is 1. The zero-order chi connectivity index (χ0) is 19.6. The molecule has 0 aliphatic carbocycles. The van der Waals surface area contributed by atoms with E-state index in [0.29, 0.717) is 21.9 Å². The van der Waals surface area contributed by atoms with Crippen LogP contribution in [0.15, 0.2) is 22.5 Å². The maximum Gasteiger partial charge on any atom is 0.229 e. The topological polar surface area (TPSA) is 106 Å². The van der Waals surface area contributed by atoms with Crippen LogP contribution in [0.1, 0.15) is 23.6 Å². The SMILES string of the molecule is Cc1ccc(Nc2nnc(S[C@@H](C)c3nc(N)nc(N(C)C)n3)s2)cc1Cl. The molecule has 3 N–H and O–H groups in total. The summed E-state index contributed by atoms with van der Waals surface area (Å²) in [5, 5.41) is 13.0. The highest BCUT2D eigenvalue weighted by Gasteiger charge is 2.17. The molecule has 1 atom stereocenters. The fourth-order valence-corrected chi connectivity index (χ4v) is 4.23. The number of aryl methyl sites for hydroxylation is 1. The molecule has 8 nitrogen and oxygen atoms in total. The van der Waals surface area contributed by atoms with Gasteiger partial charge < -0.3 is 16.0 Å². The number of rotatable bonds is 6. The van der Waals surface area contributed by atoms with Gasteiger partial charge in [-0.1, -0.05) is 40.8 Å². The third-order valence-corrected chi connectivity index (χ3v) is 5.96. The van der Waals surface area contributed by atoms with E-state index in [1.54, 1.807) is 4.90 Å². The second kappa shape index (κ2) is 8.24. The minimum Gasteiger partial charge on any atom is -0.368 e. The zero-order valence-corrected chi connectivity index (χ0v) is 17.7. The first-order chi connectivity index (χ1) is 12.8. The predicted octanol–water partition coefficient (Wildman–Crippen LogP) is 3.93. The van der Waals surface area contributed by atoms with Crippen LogP contribution < -0.4 is 16.0 Å². The van der Waals surface area contributed by atoms with Crippen LogP contribution in [0.4, 0.5) is 22.7 Å². The van der Waals surface area contributed by atoms with Gasteiger partial charge in [-0.15, -0.1) is 10.2 Å². The summed E-state index contributed by atoms with van der Waals surface area (Å²) in [6, 6.07) is 5.77. The van der Waals surface area contributed by atoms with E-state index in [4.69, 9.17) is 17.3 Å². The Hall–Kier alpha value is -2.17. The van der Waals surface area contributed by atoms with Crippen molar-refractivity contribution >= 4 is 57.4 Å². The number of benzene rings is 1. The highest BCUT2D eigenvalue weighted by Crippen LogP contribution is 2.37. The molecule has 0 bridgehead atoms. The second-order valence-corrected chi connectivity index (χ2v) is 8.94. The van der Waals surface area contributed by atoms with Gasteiger partial charge in [-0.3, -0.25) is 0 Å². The van der Waals surface area contributed by atoms with Gasteiger partial charge in [0.25, 0.3) is 0 Å². The maximum atomic E-state index is 6.16. The summed E-state index contributed by atoms with van der Waals surface area (Å²) < 4.78 is 0.800. The van der Waals surface area contributed by atoms with E-state index in [1.807, 2.05) is 46.1 Å². The minimum atomic E-state index is -0.0522. The highest BCUT2D eigenvalue weighted by atomic mass is 35.5. The molecule has 0 aliphatic heterocycles. The van der Waals surface area contributed by atoms with Gasteiger partial charge in [-0.05, 0) is 31.5 Å². The molecule has 0 saturated heterocycles. The first-order valence-corrected chi connectivity index (χ1v) is 10.1. The maximum absolute atomic E-state index is 6.16. The molecular formula is C16H19ClN8S2. The van der Waals surface area contributed by atoms with Crippen LogP contribution in [-0.4, -0.2) is 39.2 Å². The molecule has 0 fully saturated rings. The largest absolute Gasteiger partial charge is 0.368 e. The Kier molecular flexibility index (Phi) is 5.98. The summed E-state index contributed by atoms with van der Waals surface area (Å²) in [6.45, 7) is 3.95. The van der Waals surface area contributed by atoms with Crippen molar-refractivity contribution < 1.29 is 0 Å². The first-order valence-electron chi connectivity index (χ1n) is 8.04. The Morgan fingerprint density at radius 1 is 1.22 bits per heavy atom. The molecule has 3 aromatic rings. The lowest BCUT2D eigenvalue weighted by atomic mass is 10.2. The summed E-state index contributed by atoms with van der Waals surface area (Å²) in [5.74, 6) is 1.33. The summed E-state index contributed by atoms with van der Waals surface area (Å²) in [4.78, 5) is 14.6. The monoisotopic (exact) mass is 422 g/mol. The Morgan fingerprint density at radius 3 is 2.70 bits per heavy atom. The lowest BCUT2D eigenvalue weighted by Crippen LogP contribution is -2.16. The van der Waals surface area contributed by atoms with Crippen molar-refractivity contribution in [2.24, 2.45) is 0 Å². The van der Waals surface area contributed by atoms with Gasteiger partial charge in [0.1, 0.15) is 5.82 Å². The van der Waals surface area contributed by atoms with E-state index in [1.165, 1.54) is 23.1 Å². The number of nitrogen functional groups attached to an aromatic ring is 1. The molecule has 11 heteroatoms. The lowest BCUT2D eigenvalue weighted by Gasteiger charge is -2.13. The Morgan fingerprint density at radius 2 is 2.00 bits per heavy atom. The van der Waals surface area contributed by atoms with E-state index in [2.05, 4.69) is 30.5 Å². The molecule has 0 amide bonds. The number of anilines is 4. The quantitative estimate of drug-likeness (QED) is 0.571. The lowest BCUT2D eigenvalue weighted by molar-refractivity contribution is 0.863. The molecule has 0 aliphatic rings. The normalized spacial score (nSPS) is 12.0. The highest BCUT2D eigenvalue weighted by molar-refractivity contribution is 8.01. The molecule has 1 aromatic carbocycles. The molecule has 2 heterocycles.